The van der Waals surface area contributed by atoms with Crippen LogP contribution < -0.4 is 0 Å². The molecule has 0 aromatic rings. The summed E-state index contributed by atoms with van der Waals surface area (Å²) in [6.45, 7) is 3.62. The average Bonchev–Trinajstić information content (AvgIpc) is 2.23. The molecule has 1 unspecified atom stereocenters. The molecule has 0 aliphatic rings. The van der Waals surface area contributed by atoms with E-state index in [1.165, 1.54) is 14.0 Å². The molecule has 0 bridgehead atoms. The van der Waals surface area contributed by atoms with E-state index in [9.17, 15) is 9.59 Å². The van der Waals surface area contributed by atoms with Crippen LogP contribution >= 0.6 is 0 Å². The molecule has 0 radical (unpaired) electrons. The predicted molar refractivity (Wildman–Crippen MR) is 56.3 cm³/mol. The molecule has 0 saturated heterocycles. The molecule has 0 spiro atoms. The number of ether oxygens (including phenoxy) is 2. The van der Waals surface area contributed by atoms with Crippen molar-refractivity contribution in [1.82, 2.24) is 0 Å². The second-order valence-corrected chi connectivity index (χ2v) is 3.47. The zero-order chi connectivity index (χ0) is 11.7. The third-order valence-electron chi connectivity index (χ3n) is 2.08. The number of rotatable bonds is 7. The van der Waals surface area contributed by atoms with Crippen LogP contribution in [0.3, 0.4) is 0 Å². The van der Waals surface area contributed by atoms with Crippen LogP contribution in [0.25, 0.3) is 0 Å². The molecule has 0 heterocycles. The lowest BCUT2D eigenvalue weighted by Gasteiger charge is -2.10. The molecule has 0 aromatic heterocycles. The first-order valence-electron chi connectivity index (χ1n) is 5.39. The third kappa shape index (κ3) is 6.94. The number of carbonyl (C=O) groups is 2. The van der Waals surface area contributed by atoms with Gasteiger partial charge in [-0.15, -0.1) is 0 Å². The van der Waals surface area contributed by atoms with Gasteiger partial charge in [0.25, 0.3) is 0 Å². The summed E-state index contributed by atoms with van der Waals surface area (Å²) in [6.07, 6.45) is 3.68. The van der Waals surface area contributed by atoms with Crippen LogP contribution in [0.15, 0.2) is 0 Å². The number of unbranched alkanes of at least 4 members (excludes halogenated alkanes) is 3. The van der Waals surface area contributed by atoms with Crippen LogP contribution in [0.1, 0.15) is 46.0 Å². The maximum atomic E-state index is 11.2. The Bertz CT molecular complexity index is 201. The minimum absolute atomic E-state index is 0.330. The van der Waals surface area contributed by atoms with Crippen LogP contribution in [0.4, 0.5) is 0 Å². The third-order valence-corrected chi connectivity index (χ3v) is 2.08. The Labute approximate surface area is 90.9 Å². The lowest BCUT2D eigenvalue weighted by molar-refractivity contribution is -0.164. The Morgan fingerprint density at radius 1 is 1.20 bits per heavy atom. The van der Waals surface area contributed by atoms with Gasteiger partial charge in [-0.2, -0.15) is 0 Å². The number of methoxy groups -OCH3 is 1. The van der Waals surface area contributed by atoms with Crippen molar-refractivity contribution in [3.8, 4) is 0 Å². The normalized spacial score (nSPS) is 11.9. The molecule has 1 atom stereocenters. The highest BCUT2D eigenvalue weighted by Crippen LogP contribution is 2.05. The van der Waals surface area contributed by atoms with E-state index in [0.717, 1.165) is 25.7 Å². The first kappa shape index (κ1) is 13.9. The van der Waals surface area contributed by atoms with Gasteiger partial charge in [-0.1, -0.05) is 26.2 Å². The fraction of sp³-hybridized carbons (Fsp3) is 0.818. The highest BCUT2D eigenvalue weighted by atomic mass is 16.6. The molecule has 0 saturated carbocycles. The quantitative estimate of drug-likeness (QED) is 0.483. The van der Waals surface area contributed by atoms with E-state index in [4.69, 9.17) is 4.74 Å². The second-order valence-electron chi connectivity index (χ2n) is 3.47. The summed E-state index contributed by atoms with van der Waals surface area (Å²) in [4.78, 5) is 22.1. The smallest absolute Gasteiger partial charge is 0.346 e. The summed E-state index contributed by atoms with van der Waals surface area (Å²) in [6, 6.07) is 0. The van der Waals surface area contributed by atoms with Gasteiger partial charge < -0.3 is 9.47 Å². The number of hydrogen-bond acceptors (Lipinski definition) is 4. The minimum Gasteiger partial charge on any atom is -0.466 e. The summed E-state index contributed by atoms with van der Waals surface area (Å²) in [7, 11) is 1.27. The maximum Gasteiger partial charge on any atom is 0.346 e. The summed E-state index contributed by atoms with van der Waals surface area (Å²) < 4.78 is 9.31. The molecule has 0 amide bonds. The summed E-state index contributed by atoms with van der Waals surface area (Å²) in [5.41, 5.74) is 0. The Morgan fingerprint density at radius 2 is 1.87 bits per heavy atom. The summed E-state index contributed by atoms with van der Waals surface area (Å²) in [5, 5.41) is 0. The van der Waals surface area contributed by atoms with E-state index in [1.54, 1.807) is 0 Å². The van der Waals surface area contributed by atoms with E-state index < -0.39 is 12.1 Å². The van der Waals surface area contributed by atoms with Crippen molar-refractivity contribution < 1.29 is 19.1 Å². The molecule has 0 aliphatic heterocycles. The SMILES string of the molecule is CCCCCCC(=O)OC(C)C(=O)OC. The van der Waals surface area contributed by atoms with Gasteiger partial charge >= 0.3 is 11.9 Å². The fourth-order valence-electron chi connectivity index (χ4n) is 1.17. The first-order chi connectivity index (χ1) is 7.11. The van der Waals surface area contributed by atoms with E-state index in [-0.39, 0.29) is 5.97 Å². The van der Waals surface area contributed by atoms with E-state index in [2.05, 4.69) is 11.7 Å². The van der Waals surface area contributed by atoms with Crippen molar-refractivity contribution in [3.05, 3.63) is 0 Å². The predicted octanol–water partition coefficient (Wildman–Crippen LogP) is 2.06. The Morgan fingerprint density at radius 3 is 2.40 bits per heavy atom. The molecule has 4 heteroatoms. The largest absolute Gasteiger partial charge is 0.466 e. The Balaban J connectivity index is 3.60. The van der Waals surface area contributed by atoms with Crippen LogP contribution in [0.5, 0.6) is 0 Å². The van der Waals surface area contributed by atoms with E-state index in [1.807, 2.05) is 0 Å². The molecule has 0 fully saturated rings. The number of esters is 2. The molecule has 4 nitrogen and oxygen atoms in total. The van der Waals surface area contributed by atoms with Gasteiger partial charge in [-0.05, 0) is 13.3 Å². The lowest BCUT2D eigenvalue weighted by Crippen LogP contribution is -2.25. The molecule has 0 rings (SSSR count). The van der Waals surface area contributed by atoms with Gasteiger partial charge in [0, 0.05) is 6.42 Å². The van der Waals surface area contributed by atoms with Crippen LogP contribution in [0, 0.1) is 0 Å². The highest BCUT2D eigenvalue weighted by Gasteiger charge is 2.17. The van der Waals surface area contributed by atoms with E-state index >= 15 is 0 Å². The molecule has 0 N–H and O–H groups in total. The molecule has 15 heavy (non-hydrogen) atoms. The Hall–Kier alpha value is -1.06. The van der Waals surface area contributed by atoms with E-state index in [0.29, 0.717) is 6.42 Å². The highest BCUT2D eigenvalue weighted by molar-refractivity contribution is 5.78. The first-order valence-corrected chi connectivity index (χ1v) is 5.39. The van der Waals surface area contributed by atoms with Crippen LogP contribution in [-0.2, 0) is 19.1 Å². The van der Waals surface area contributed by atoms with Crippen molar-refractivity contribution in [2.45, 2.75) is 52.1 Å². The Kier molecular flexibility index (Phi) is 7.68. The molecular weight excluding hydrogens is 196 g/mol. The zero-order valence-corrected chi connectivity index (χ0v) is 9.75. The molecule has 88 valence electrons. The fourth-order valence-corrected chi connectivity index (χ4v) is 1.17. The number of carbonyl (C=O) groups excluding carboxylic acids is 2. The summed E-state index contributed by atoms with van der Waals surface area (Å²) in [5.74, 6) is -0.846. The lowest BCUT2D eigenvalue weighted by atomic mass is 10.1. The van der Waals surface area contributed by atoms with Crippen LogP contribution in [0.2, 0.25) is 0 Å². The zero-order valence-electron chi connectivity index (χ0n) is 9.75. The van der Waals surface area contributed by atoms with Crippen molar-refractivity contribution in [3.63, 3.8) is 0 Å². The second kappa shape index (κ2) is 8.26. The number of hydrogen-bond donors (Lipinski definition) is 0. The maximum absolute atomic E-state index is 11.2. The standard InChI is InChI=1S/C11H20O4/c1-4-5-6-7-8-10(12)15-9(2)11(13)14-3/h9H,4-8H2,1-3H3. The minimum atomic E-state index is -0.798. The van der Waals surface area contributed by atoms with Crippen molar-refractivity contribution >= 4 is 11.9 Å². The van der Waals surface area contributed by atoms with Gasteiger partial charge in [-0.3, -0.25) is 4.79 Å². The molecule has 0 aliphatic carbocycles. The van der Waals surface area contributed by atoms with Crippen molar-refractivity contribution in [2.75, 3.05) is 7.11 Å². The van der Waals surface area contributed by atoms with Gasteiger partial charge in [0.1, 0.15) is 0 Å². The molecular formula is C11H20O4. The van der Waals surface area contributed by atoms with Gasteiger partial charge in [0.05, 0.1) is 7.11 Å². The van der Waals surface area contributed by atoms with Gasteiger partial charge in [0.15, 0.2) is 6.10 Å². The summed E-state index contributed by atoms with van der Waals surface area (Å²) >= 11 is 0. The monoisotopic (exact) mass is 216 g/mol. The van der Waals surface area contributed by atoms with Crippen molar-refractivity contribution in [1.29, 1.82) is 0 Å². The van der Waals surface area contributed by atoms with Gasteiger partial charge in [0.2, 0.25) is 0 Å². The van der Waals surface area contributed by atoms with Crippen molar-refractivity contribution in [2.24, 2.45) is 0 Å². The average molecular weight is 216 g/mol. The topological polar surface area (TPSA) is 52.6 Å². The molecule has 0 aromatic carbocycles. The van der Waals surface area contributed by atoms with Crippen LogP contribution in [-0.4, -0.2) is 25.2 Å². The van der Waals surface area contributed by atoms with Gasteiger partial charge in [-0.25, -0.2) is 4.79 Å².